The van der Waals surface area contributed by atoms with Gasteiger partial charge in [0.1, 0.15) is 0 Å². The van der Waals surface area contributed by atoms with Crippen molar-refractivity contribution in [2.75, 3.05) is 6.54 Å². The molecule has 0 spiro atoms. The molecule has 1 atom stereocenters. The van der Waals surface area contributed by atoms with Gasteiger partial charge >= 0.3 is 0 Å². The van der Waals surface area contributed by atoms with E-state index < -0.39 is 0 Å². The minimum Gasteiger partial charge on any atom is -0.392 e. The standard InChI is InChI=1S/C19H39NO/c1-19(2,3)15-18(21)16-20-17-13-11-9-7-5-4-6-8-10-12-14-17/h17-18,20-21H,4-16H2,1-3H3. The molecule has 0 radical (unpaired) electrons. The van der Waals surface area contributed by atoms with Gasteiger partial charge in [-0.3, -0.25) is 0 Å². The Morgan fingerprint density at radius 2 is 1.29 bits per heavy atom. The van der Waals surface area contributed by atoms with E-state index in [0.717, 1.165) is 13.0 Å². The van der Waals surface area contributed by atoms with Crippen LogP contribution >= 0.6 is 0 Å². The van der Waals surface area contributed by atoms with Crippen LogP contribution in [-0.2, 0) is 0 Å². The Morgan fingerprint density at radius 1 is 0.857 bits per heavy atom. The number of nitrogens with one attached hydrogen (secondary N) is 1. The lowest BCUT2D eigenvalue weighted by Crippen LogP contribution is -2.37. The molecule has 1 fully saturated rings. The Hall–Kier alpha value is -0.0800. The van der Waals surface area contributed by atoms with Crippen LogP contribution in [0.1, 0.15) is 97.8 Å². The molecule has 1 rings (SSSR count). The molecule has 1 saturated carbocycles. The molecular weight excluding hydrogens is 258 g/mol. The molecule has 126 valence electrons. The topological polar surface area (TPSA) is 32.3 Å². The van der Waals surface area contributed by atoms with Gasteiger partial charge in [0.25, 0.3) is 0 Å². The number of aliphatic hydroxyl groups excluding tert-OH is 1. The third-order valence-corrected chi connectivity index (χ3v) is 4.60. The third-order valence-electron chi connectivity index (χ3n) is 4.60. The van der Waals surface area contributed by atoms with Crippen molar-refractivity contribution in [2.24, 2.45) is 5.41 Å². The number of hydrogen-bond donors (Lipinski definition) is 2. The molecule has 2 N–H and O–H groups in total. The largest absolute Gasteiger partial charge is 0.392 e. The summed E-state index contributed by atoms with van der Waals surface area (Å²) >= 11 is 0. The summed E-state index contributed by atoms with van der Waals surface area (Å²) in [6.07, 6.45) is 15.9. The monoisotopic (exact) mass is 297 g/mol. The fraction of sp³-hybridized carbons (Fsp3) is 1.00. The fourth-order valence-corrected chi connectivity index (χ4v) is 3.45. The van der Waals surface area contributed by atoms with E-state index in [4.69, 9.17) is 0 Å². The summed E-state index contributed by atoms with van der Waals surface area (Å²) in [7, 11) is 0. The molecule has 0 aromatic rings. The van der Waals surface area contributed by atoms with Crippen LogP contribution in [0.4, 0.5) is 0 Å². The Kier molecular flexibility index (Phi) is 9.59. The highest BCUT2D eigenvalue weighted by atomic mass is 16.3. The normalized spacial score (nSPS) is 22.3. The molecular formula is C19H39NO. The van der Waals surface area contributed by atoms with Gasteiger partial charge in [-0.15, -0.1) is 0 Å². The van der Waals surface area contributed by atoms with Crippen molar-refractivity contribution in [3.05, 3.63) is 0 Å². The van der Waals surface area contributed by atoms with E-state index in [1.54, 1.807) is 0 Å². The van der Waals surface area contributed by atoms with Gasteiger partial charge in [-0.2, -0.15) is 0 Å². The van der Waals surface area contributed by atoms with Gasteiger partial charge in [0.05, 0.1) is 6.10 Å². The molecule has 0 bridgehead atoms. The minimum atomic E-state index is -0.202. The molecule has 0 heterocycles. The Labute approximate surface area is 133 Å². The lowest BCUT2D eigenvalue weighted by molar-refractivity contribution is 0.115. The smallest absolute Gasteiger partial charge is 0.0669 e. The molecule has 0 aromatic carbocycles. The zero-order valence-corrected chi connectivity index (χ0v) is 14.8. The predicted octanol–water partition coefficient (Wildman–Crippen LogP) is 5.05. The Morgan fingerprint density at radius 3 is 1.71 bits per heavy atom. The first kappa shape index (κ1) is 19.0. The van der Waals surface area contributed by atoms with Gasteiger partial charge in [0.15, 0.2) is 0 Å². The molecule has 0 aliphatic heterocycles. The molecule has 21 heavy (non-hydrogen) atoms. The van der Waals surface area contributed by atoms with Crippen LogP contribution in [0, 0.1) is 5.41 Å². The van der Waals surface area contributed by atoms with Crippen LogP contribution in [-0.4, -0.2) is 23.8 Å². The molecule has 2 heteroatoms. The zero-order valence-electron chi connectivity index (χ0n) is 14.8. The van der Waals surface area contributed by atoms with E-state index >= 15 is 0 Å². The highest BCUT2D eigenvalue weighted by Crippen LogP contribution is 2.21. The molecule has 0 aromatic heterocycles. The van der Waals surface area contributed by atoms with Gasteiger partial charge in [-0.25, -0.2) is 0 Å². The summed E-state index contributed by atoms with van der Waals surface area (Å²) in [4.78, 5) is 0. The first-order chi connectivity index (χ1) is 9.97. The highest BCUT2D eigenvalue weighted by Gasteiger charge is 2.18. The van der Waals surface area contributed by atoms with E-state index in [1.807, 2.05) is 0 Å². The minimum absolute atomic E-state index is 0.202. The van der Waals surface area contributed by atoms with Crippen molar-refractivity contribution in [1.29, 1.82) is 0 Å². The molecule has 0 amide bonds. The quantitative estimate of drug-likeness (QED) is 0.761. The van der Waals surface area contributed by atoms with E-state index in [0.29, 0.717) is 6.04 Å². The molecule has 2 nitrogen and oxygen atoms in total. The summed E-state index contributed by atoms with van der Waals surface area (Å²) in [5.74, 6) is 0. The van der Waals surface area contributed by atoms with Crippen LogP contribution in [0.15, 0.2) is 0 Å². The zero-order chi connectivity index (χ0) is 15.6. The maximum Gasteiger partial charge on any atom is 0.0669 e. The van der Waals surface area contributed by atoms with Gasteiger partial charge in [-0.05, 0) is 24.7 Å². The second kappa shape index (κ2) is 10.6. The lowest BCUT2D eigenvalue weighted by atomic mass is 9.89. The van der Waals surface area contributed by atoms with Gasteiger partial charge in [0.2, 0.25) is 0 Å². The van der Waals surface area contributed by atoms with Crippen LogP contribution < -0.4 is 5.32 Å². The first-order valence-electron chi connectivity index (χ1n) is 9.39. The first-order valence-corrected chi connectivity index (χ1v) is 9.39. The van der Waals surface area contributed by atoms with Crippen molar-refractivity contribution in [1.82, 2.24) is 5.32 Å². The second-order valence-corrected chi connectivity index (χ2v) is 8.28. The van der Waals surface area contributed by atoms with Crippen molar-refractivity contribution in [3.63, 3.8) is 0 Å². The summed E-state index contributed by atoms with van der Waals surface area (Å²) in [6.45, 7) is 7.37. The molecule has 1 aliphatic rings. The van der Waals surface area contributed by atoms with E-state index in [9.17, 15) is 5.11 Å². The molecule has 0 saturated heterocycles. The highest BCUT2D eigenvalue weighted by molar-refractivity contribution is 4.74. The Balaban J connectivity index is 2.27. The lowest BCUT2D eigenvalue weighted by Gasteiger charge is -2.25. The average molecular weight is 298 g/mol. The van der Waals surface area contributed by atoms with Crippen molar-refractivity contribution in [2.45, 2.75) is 110 Å². The van der Waals surface area contributed by atoms with Gasteiger partial charge in [0, 0.05) is 12.6 Å². The van der Waals surface area contributed by atoms with Crippen LogP contribution in [0.5, 0.6) is 0 Å². The summed E-state index contributed by atoms with van der Waals surface area (Å²) < 4.78 is 0. The van der Waals surface area contributed by atoms with Crippen LogP contribution in [0.25, 0.3) is 0 Å². The van der Waals surface area contributed by atoms with Gasteiger partial charge < -0.3 is 10.4 Å². The predicted molar refractivity (Wildman–Crippen MR) is 92.7 cm³/mol. The number of hydrogen-bond acceptors (Lipinski definition) is 2. The number of aliphatic hydroxyl groups is 1. The third kappa shape index (κ3) is 11.2. The average Bonchev–Trinajstić information content (AvgIpc) is 2.36. The molecule has 1 aliphatic carbocycles. The molecule has 1 unspecified atom stereocenters. The van der Waals surface area contributed by atoms with E-state index in [2.05, 4.69) is 26.1 Å². The van der Waals surface area contributed by atoms with Gasteiger partial charge in [-0.1, -0.05) is 78.6 Å². The summed E-state index contributed by atoms with van der Waals surface area (Å²) in [5, 5.41) is 13.8. The Bertz CT molecular complexity index is 234. The van der Waals surface area contributed by atoms with Crippen molar-refractivity contribution < 1.29 is 5.11 Å². The fourth-order valence-electron chi connectivity index (χ4n) is 3.45. The van der Waals surface area contributed by atoms with Crippen LogP contribution in [0.3, 0.4) is 0 Å². The van der Waals surface area contributed by atoms with Crippen LogP contribution in [0.2, 0.25) is 0 Å². The summed E-state index contributed by atoms with van der Waals surface area (Å²) in [6, 6.07) is 0.624. The maximum atomic E-state index is 10.2. The van der Waals surface area contributed by atoms with E-state index in [1.165, 1.54) is 70.6 Å². The van der Waals surface area contributed by atoms with Crippen molar-refractivity contribution >= 4 is 0 Å². The van der Waals surface area contributed by atoms with Crippen molar-refractivity contribution in [3.8, 4) is 0 Å². The number of rotatable bonds is 4. The SMILES string of the molecule is CC(C)(C)CC(O)CNC1CCCCCCCCCCC1. The second-order valence-electron chi connectivity index (χ2n) is 8.28. The maximum absolute atomic E-state index is 10.2. The van der Waals surface area contributed by atoms with E-state index in [-0.39, 0.29) is 11.5 Å². The summed E-state index contributed by atoms with van der Waals surface area (Å²) in [5.41, 5.74) is 0.216.